The highest BCUT2D eigenvalue weighted by molar-refractivity contribution is 6.11. The van der Waals surface area contributed by atoms with Crippen LogP contribution in [0.25, 0.3) is 0 Å². The van der Waals surface area contributed by atoms with Gasteiger partial charge in [-0.05, 0) is 56.0 Å². The first-order valence-electron chi connectivity index (χ1n) is 11.2. The van der Waals surface area contributed by atoms with Gasteiger partial charge in [0.1, 0.15) is 5.92 Å². The number of fused-ring (bicyclic) bond motifs is 1. The lowest BCUT2D eigenvalue weighted by Gasteiger charge is -2.32. The third kappa shape index (κ3) is 4.27. The molecule has 1 heterocycles. The van der Waals surface area contributed by atoms with Crippen molar-refractivity contribution in [3.8, 4) is 11.5 Å². The van der Waals surface area contributed by atoms with E-state index in [4.69, 9.17) is 14.2 Å². The number of hydrogen-bond acceptors (Lipinski definition) is 7. The summed E-state index contributed by atoms with van der Waals surface area (Å²) in [4.78, 5) is 26.2. The van der Waals surface area contributed by atoms with Gasteiger partial charge in [0.05, 0.1) is 37.7 Å². The largest absolute Gasteiger partial charge is 0.493 e. The van der Waals surface area contributed by atoms with Crippen LogP contribution in [0.15, 0.2) is 53.7 Å². The molecule has 0 unspecified atom stereocenters. The number of ether oxygens (including phenoxy) is 3. The first-order chi connectivity index (χ1) is 15.8. The highest BCUT2D eigenvalue weighted by atomic mass is 16.5. The molecule has 0 fully saturated rings. The maximum absolute atomic E-state index is 13.7. The third-order valence-electron chi connectivity index (χ3n) is 6.11. The Kier molecular flexibility index (Phi) is 6.31. The van der Waals surface area contributed by atoms with Crippen LogP contribution in [0.4, 0.5) is 11.4 Å². The van der Waals surface area contributed by atoms with Crippen molar-refractivity contribution in [1.82, 2.24) is 0 Å². The van der Waals surface area contributed by atoms with Gasteiger partial charge in [-0.2, -0.15) is 0 Å². The van der Waals surface area contributed by atoms with Gasteiger partial charge in [0.15, 0.2) is 17.3 Å². The number of rotatable bonds is 5. The summed E-state index contributed by atoms with van der Waals surface area (Å²) in [5.74, 6) is -0.539. The molecule has 2 aromatic carbocycles. The Hall–Kier alpha value is -3.48. The van der Waals surface area contributed by atoms with Gasteiger partial charge in [-0.15, -0.1) is 0 Å². The first-order valence-corrected chi connectivity index (χ1v) is 11.2. The highest BCUT2D eigenvalue weighted by Crippen LogP contribution is 2.45. The SMILES string of the molecule is COC(=O)[C@H]1C(=O)C2=C(C[C@@H]1C)Nc1ccccc1N[C@H]2c1ccc(OC(C)C)c(OC)c1. The fraction of sp³-hybridized carbons (Fsp3) is 0.385. The van der Waals surface area contributed by atoms with Crippen molar-refractivity contribution in [2.45, 2.75) is 39.3 Å². The van der Waals surface area contributed by atoms with Gasteiger partial charge in [0, 0.05) is 11.3 Å². The normalized spacial score (nSPS) is 21.9. The van der Waals surface area contributed by atoms with Crippen LogP contribution in [-0.4, -0.2) is 32.1 Å². The van der Waals surface area contributed by atoms with E-state index >= 15 is 0 Å². The van der Waals surface area contributed by atoms with Gasteiger partial charge in [0.25, 0.3) is 0 Å². The summed E-state index contributed by atoms with van der Waals surface area (Å²) >= 11 is 0. The van der Waals surface area contributed by atoms with Gasteiger partial charge in [-0.1, -0.05) is 25.1 Å². The Labute approximate surface area is 194 Å². The minimum absolute atomic E-state index is 0.00614. The van der Waals surface area contributed by atoms with Crippen LogP contribution in [0.2, 0.25) is 0 Å². The Bertz CT molecular complexity index is 1110. The van der Waals surface area contributed by atoms with Crippen molar-refractivity contribution < 1.29 is 23.8 Å². The van der Waals surface area contributed by atoms with Crippen molar-refractivity contribution in [2.75, 3.05) is 24.9 Å². The monoisotopic (exact) mass is 450 g/mol. The molecule has 33 heavy (non-hydrogen) atoms. The maximum atomic E-state index is 13.7. The number of Topliss-reactive ketones (excluding diaryl/α,β-unsaturated/α-hetero) is 1. The number of anilines is 2. The summed E-state index contributed by atoms with van der Waals surface area (Å²) in [5, 5.41) is 6.97. The molecule has 0 saturated carbocycles. The number of ketones is 1. The van der Waals surface area contributed by atoms with E-state index in [-0.39, 0.29) is 17.8 Å². The Morgan fingerprint density at radius 3 is 2.45 bits per heavy atom. The number of benzene rings is 2. The Balaban J connectivity index is 1.85. The fourth-order valence-corrected chi connectivity index (χ4v) is 4.60. The number of carbonyl (C=O) groups excluding carboxylic acids is 2. The van der Waals surface area contributed by atoms with E-state index in [1.807, 2.05) is 63.2 Å². The Morgan fingerprint density at radius 1 is 1.06 bits per heavy atom. The van der Waals surface area contributed by atoms with Crippen molar-refractivity contribution in [2.24, 2.45) is 11.8 Å². The molecule has 0 bridgehead atoms. The van der Waals surface area contributed by atoms with Crippen molar-refractivity contribution >= 4 is 23.1 Å². The van der Waals surface area contributed by atoms with Gasteiger partial charge in [-0.3, -0.25) is 9.59 Å². The number of para-hydroxylation sites is 2. The topological polar surface area (TPSA) is 85.9 Å². The van der Waals surface area contributed by atoms with E-state index in [9.17, 15) is 9.59 Å². The zero-order valence-corrected chi connectivity index (χ0v) is 19.6. The molecule has 2 N–H and O–H groups in total. The van der Waals surface area contributed by atoms with Crippen LogP contribution in [0.1, 0.15) is 38.8 Å². The van der Waals surface area contributed by atoms with E-state index < -0.39 is 17.9 Å². The molecule has 1 aliphatic carbocycles. The number of carbonyl (C=O) groups is 2. The molecule has 7 nitrogen and oxygen atoms in total. The molecule has 174 valence electrons. The summed E-state index contributed by atoms with van der Waals surface area (Å²) in [5.41, 5.74) is 3.94. The molecule has 0 spiro atoms. The molecule has 0 saturated heterocycles. The average molecular weight is 451 g/mol. The van der Waals surface area contributed by atoms with Crippen molar-refractivity contribution in [3.63, 3.8) is 0 Å². The summed E-state index contributed by atoms with van der Waals surface area (Å²) in [6.07, 6.45) is 0.548. The second-order valence-electron chi connectivity index (χ2n) is 8.76. The minimum atomic E-state index is -0.841. The summed E-state index contributed by atoms with van der Waals surface area (Å²) in [6, 6.07) is 13.0. The molecule has 1 aliphatic heterocycles. The molecule has 3 atom stereocenters. The van der Waals surface area contributed by atoms with Crippen LogP contribution < -0.4 is 20.1 Å². The molecule has 0 radical (unpaired) electrons. The predicted molar refractivity (Wildman–Crippen MR) is 127 cm³/mol. The number of esters is 1. The average Bonchev–Trinajstić information content (AvgIpc) is 2.95. The molecule has 0 aromatic heterocycles. The summed E-state index contributed by atoms with van der Waals surface area (Å²) in [6.45, 7) is 5.81. The maximum Gasteiger partial charge on any atom is 0.316 e. The van der Waals surface area contributed by atoms with E-state index in [2.05, 4.69) is 10.6 Å². The molecular weight excluding hydrogens is 420 g/mol. The van der Waals surface area contributed by atoms with Crippen LogP contribution in [0, 0.1) is 11.8 Å². The standard InChI is InChI=1S/C26H30N2O5/c1-14(2)33-20-11-10-16(13-21(20)31-4)24-23-19(27-17-8-6-7-9-18(17)28-24)12-15(3)22(25(23)29)26(30)32-5/h6-11,13-15,22,24,27-28H,12H2,1-5H3/t15-,22+,24-/m0/s1. The van der Waals surface area contributed by atoms with E-state index in [0.717, 1.165) is 22.6 Å². The number of allylic oxidation sites excluding steroid dienone is 1. The van der Waals surface area contributed by atoms with E-state index in [0.29, 0.717) is 23.5 Å². The van der Waals surface area contributed by atoms with Crippen molar-refractivity contribution in [1.29, 1.82) is 0 Å². The van der Waals surface area contributed by atoms with E-state index in [1.54, 1.807) is 7.11 Å². The minimum Gasteiger partial charge on any atom is -0.493 e. The molecule has 2 aliphatic rings. The van der Waals surface area contributed by atoms with Gasteiger partial charge in [-0.25, -0.2) is 0 Å². The van der Waals surface area contributed by atoms with Gasteiger partial charge < -0.3 is 24.8 Å². The smallest absolute Gasteiger partial charge is 0.316 e. The third-order valence-corrected chi connectivity index (χ3v) is 6.11. The molecule has 2 aromatic rings. The second-order valence-corrected chi connectivity index (χ2v) is 8.76. The van der Waals surface area contributed by atoms with Crippen molar-refractivity contribution in [3.05, 3.63) is 59.3 Å². The lowest BCUT2D eigenvalue weighted by Crippen LogP contribution is -2.39. The Morgan fingerprint density at radius 2 is 1.79 bits per heavy atom. The van der Waals surface area contributed by atoms with Gasteiger partial charge >= 0.3 is 5.97 Å². The predicted octanol–water partition coefficient (Wildman–Crippen LogP) is 4.71. The van der Waals surface area contributed by atoms with E-state index in [1.165, 1.54) is 7.11 Å². The zero-order chi connectivity index (χ0) is 23.7. The lowest BCUT2D eigenvalue weighted by atomic mass is 9.75. The highest BCUT2D eigenvalue weighted by Gasteiger charge is 2.44. The van der Waals surface area contributed by atoms with Crippen LogP contribution in [-0.2, 0) is 14.3 Å². The zero-order valence-electron chi connectivity index (χ0n) is 19.6. The summed E-state index contributed by atoms with van der Waals surface area (Å²) in [7, 11) is 2.91. The first kappa shape index (κ1) is 22.7. The molecule has 0 amide bonds. The van der Waals surface area contributed by atoms with Crippen LogP contribution in [0.5, 0.6) is 11.5 Å². The van der Waals surface area contributed by atoms with Gasteiger partial charge in [0.2, 0.25) is 0 Å². The van der Waals surface area contributed by atoms with Crippen LogP contribution in [0.3, 0.4) is 0 Å². The number of methoxy groups -OCH3 is 2. The fourth-order valence-electron chi connectivity index (χ4n) is 4.60. The number of hydrogen-bond donors (Lipinski definition) is 2. The summed E-state index contributed by atoms with van der Waals surface area (Å²) < 4.78 is 16.4. The number of nitrogens with one attached hydrogen (secondary N) is 2. The lowest BCUT2D eigenvalue weighted by molar-refractivity contribution is -0.151. The van der Waals surface area contributed by atoms with Crippen LogP contribution >= 0.6 is 0 Å². The molecule has 7 heteroatoms. The molecule has 4 rings (SSSR count). The molecular formula is C26H30N2O5. The second kappa shape index (κ2) is 9.17. The quantitative estimate of drug-likeness (QED) is 0.504.